The van der Waals surface area contributed by atoms with Crippen molar-refractivity contribution in [1.82, 2.24) is 14.9 Å². The molecule has 0 bridgehead atoms. The van der Waals surface area contributed by atoms with Gasteiger partial charge in [-0.3, -0.25) is 14.2 Å². The summed E-state index contributed by atoms with van der Waals surface area (Å²) in [5.41, 5.74) is 1.18. The monoisotopic (exact) mass is 387 g/mol. The van der Waals surface area contributed by atoms with Crippen LogP contribution in [0.5, 0.6) is 5.75 Å². The Labute approximate surface area is 160 Å². The zero-order chi connectivity index (χ0) is 19.4. The fourth-order valence-corrected chi connectivity index (χ4v) is 2.87. The van der Waals surface area contributed by atoms with Gasteiger partial charge in [-0.25, -0.2) is 4.98 Å². The molecule has 0 saturated carbocycles. The molecule has 3 aromatic rings. The maximum Gasteiger partial charge on any atom is 0.265 e. The van der Waals surface area contributed by atoms with Crippen molar-refractivity contribution in [2.24, 2.45) is 0 Å². The lowest BCUT2D eigenvalue weighted by Gasteiger charge is -2.10. The third-order valence-corrected chi connectivity index (χ3v) is 4.32. The average Bonchev–Trinajstić information content (AvgIpc) is 2.68. The highest BCUT2D eigenvalue weighted by Crippen LogP contribution is 2.26. The summed E-state index contributed by atoms with van der Waals surface area (Å²) in [6.07, 6.45) is 1.41. The summed E-state index contributed by atoms with van der Waals surface area (Å²) >= 11 is 6.14. The lowest BCUT2D eigenvalue weighted by atomic mass is 10.1. The number of hydrogen-bond donors (Lipinski definition) is 1. The van der Waals surface area contributed by atoms with E-state index in [0.29, 0.717) is 46.1 Å². The SMILES string of the molecule is COCCNC(=O)c1ccc2c(=O)n(-c3ccc(OC)c(Cl)c3)cnc2c1. The summed E-state index contributed by atoms with van der Waals surface area (Å²) in [7, 11) is 3.08. The van der Waals surface area contributed by atoms with E-state index >= 15 is 0 Å². The van der Waals surface area contributed by atoms with Crippen LogP contribution in [0.2, 0.25) is 5.02 Å². The molecule has 27 heavy (non-hydrogen) atoms. The minimum absolute atomic E-state index is 0.248. The van der Waals surface area contributed by atoms with E-state index in [0.717, 1.165) is 0 Å². The molecule has 0 aliphatic rings. The Morgan fingerprint density at radius 2 is 2.04 bits per heavy atom. The van der Waals surface area contributed by atoms with Gasteiger partial charge in [-0.2, -0.15) is 0 Å². The normalized spacial score (nSPS) is 10.8. The summed E-state index contributed by atoms with van der Waals surface area (Å²) in [5.74, 6) is 0.271. The number of ether oxygens (including phenoxy) is 2. The van der Waals surface area contributed by atoms with Crippen molar-refractivity contribution in [2.45, 2.75) is 0 Å². The second-order valence-corrected chi connectivity index (χ2v) is 6.13. The first-order valence-electron chi connectivity index (χ1n) is 8.17. The van der Waals surface area contributed by atoms with Crippen LogP contribution in [-0.2, 0) is 4.74 Å². The van der Waals surface area contributed by atoms with E-state index < -0.39 is 0 Å². The van der Waals surface area contributed by atoms with Gasteiger partial charge >= 0.3 is 0 Å². The molecule has 0 radical (unpaired) electrons. The molecule has 3 rings (SSSR count). The van der Waals surface area contributed by atoms with Crippen LogP contribution in [0.3, 0.4) is 0 Å². The van der Waals surface area contributed by atoms with Gasteiger partial charge in [0.05, 0.1) is 35.3 Å². The third-order valence-electron chi connectivity index (χ3n) is 4.03. The van der Waals surface area contributed by atoms with Gasteiger partial charge in [0.2, 0.25) is 0 Å². The molecule has 0 fully saturated rings. The van der Waals surface area contributed by atoms with Crippen molar-refractivity contribution < 1.29 is 14.3 Å². The lowest BCUT2D eigenvalue weighted by molar-refractivity contribution is 0.0937. The first-order valence-corrected chi connectivity index (χ1v) is 8.55. The minimum Gasteiger partial charge on any atom is -0.495 e. The molecular formula is C19H18ClN3O4. The Morgan fingerprint density at radius 1 is 1.22 bits per heavy atom. The highest BCUT2D eigenvalue weighted by molar-refractivity contribution is 6.32. The minimum atomic E-state index is -0.257. The predicted molar refractivity (Wildman–Crippen MR) is 103 cm³/mol. The Hall–Kier alpha value is -2.90. The molecule has 1 amide bonds. The second-order valence-electron chi connectivity index (χ2n) is 5.72. The van der Waals surface area contributed by atoms with Crippen molar-refractivity contribution in [3.8, 4) is 11.4 Å². The van der Waals surface area contributed by atoms with E-state index in [2.05, 4.69) is 10.3 Å². The summed E-state index contributed by atoms with van der Waals surface area (Å²) in [5, 5.41) is 3.53. The van der Waals surface area contributed by atoms with Gasteiger partial charge in [0.1, 0.15) is 12.1 Å². The number of hydrogen-bond acceptors (Lipinski definition) is 5. The molecule has 0 saturated heterocycles. The molecule has 0 aliphatic heterocycles. The molecular weight excluding hydrogens is 370 g/mol. The van der Waals surface area contributed by atoms with Crippen molar-refractivity contribution in [3.05, 3.63) is 63.7 Å². The number of carbonyl (C=O) groups excluding carboxylic acids is 1. The molecule has 140 valence electrons. The molecule has 1 aromatic heterocycles. The largest absolute Gasteiger partial charge is 0.495 e. The van der Waals surface area contributed by atoms with Crippen LogP contribution in [0, 0.1) is 0 Å². The Balaban J connectivity index is 1.96. The lowest BCUT2D eigenvalue weighted by Crippen LogP contribution is -2.27. The smallest absolute Gasteiger partial charge is 0.265 e. The molecule has 0 atom stereocenters. The van der Waals surface area contributed by atoms with Crippen LogP contribution in [0.1, 0.15) is 10.4 Å². The number of aromatic nitrogens is 2. The summed E-state index contributed by atoms with van der Waals surface area (Å²) in [6.45, 7) is 0.827. The topological polar surface area (TPSA) is 82.5 Å². The quantitative estimate of drug-likeness (QED) is 0.657. The molecule has 0 spiro atoms. The van der Waals surface area contributed by atoms with Crippen LogP contribution < -0.4 is 15.6 Å². The maximum atomic E-state index is 12.8. The predicted octanol–water partition coefficient (Wildman–Crippen LogP) is 2.42. The highest BCUT2D eigenvalue weighted by atomic mass is 35.5. The maximum absolute atomic E-state index is 12.8. The molecule has 7 nitrogen and oxygen atoms in total. The number of halogens is 1. The van der Waals surface area contributed by atoms with E-state index in [9.17, 15) is 9.59 Å². The Bertz CT molecular complexity index is 1050. The van der Waals surface area contributed by atoms with Crippen molar-refractivity contribution in [3.63, 3.8) is 0 Å². The van der Waals surface area contributed by atoms with E-state index in [4.69, 9.17) is 21.1 Å². The summed E-state index contributed by atoms with van der Waals surface area (Å²) in [4.78, 5) is 29.3. The van der Waals surface area contributed by atoms with Gasteiger partial charge in [-0.15, -0.1) is 0 Å². The van der Waals surface area contributed by atoms with E-state index in [1.54, 1.807) is 43.5 Å². The van der Waals surface area contributed by atoms with Gasteiger partial charge in [-0.1, -0.05) is 11.6 Å². The number of amides is 1. The van der Waals surface area contributed by atoms with Gasteiger partial charge in [-0.05, 0) is 36.4 Å². The van der Waals surface area contributed by atoms with E-state index in [1.165, 1.54) is 18.0 Å². The van der Waals surface area contributed by atoms with Crippen molar-refractivity contribution in [2.75, 3.05) is 27.4 Å². The number of nitrogens with zero attached hydrogens (tertiary/aromatic N) is 2. The molecule has 2 aromatic carbocycles. The summed E-state index contributed by atoms with van der Waals surface area (Å²) in [6, 6.07) is 9.81. The van der Waals surface area contributed by atoms with Crippen LogP contribution in [0.4, 0.5) is 0 Å². The van der Waals surface area contributed by atoms with Gasteiger partial charge < -0.3 is 14.8 Å². The first-order chi connectivity index (χ1) is 13.0. The number of benzene rings is 2. The Kier molecular flexibility index (Phi) is 5.73. The van der Waals surface area contributed by atoms with Crippen molar-refractivity contribution >= 4 is 28.4 Å². The third kappa shape index (κ3) is 3.94. The fourth-order valence-electron chi connectivity index (χ4n) is 2.62. The van der Waals surface area contributed by atoms with Crippen LogP contribution in [0.25, 0.3) is 16.6 Å². The molecule has 0 unspecified atom stereocenters. The van der Waals surface area contributed by atoms with Gasteiger partial charge in [0.15, 0.2) is 0 Å². The number of carbonyl (C=O) groups is 1. The zero-order valence-electron chi connectivity index (χ0n) is 14.9. The number of rotatable bonds is 6. The molecule has 8 heteroatoms. The zero-order valence-corrected chi connectivity index (χ0v) is 15.6. The Morgan fingerprint density at radius 3 is 2.74 bits per heavy atom. The number of nitrogens with one attached hydrogen (secondary N) is 1. The molecule has 0 aliphatic carbocycles. The van der Waals surface area contributed by atoms with Crippen LogP contribution in [0.15, 0.2) is 47.5 Å². The van der Waals surface area contributed by atoms with Gasteiger partial charge in [0, 0.05) is 19.2 Å². The van der Waals surface area contributed by atoms with E-state index in [-0.39, 0.29) is 11.5 Å². The molecule has 1 N–H and O–H groups in total. The number of methoxy groups -OCH3 is 2. The standard InChI is InChI=1S/C19H18ClN3O4/c1-26-8-7-21-18(24)12-3-5-14-16(9-12)22-11-23(19(14)25)13-4-6-17(27-2)15(20)10-13/h3-6,9-11H,7-8H2,1-2H3,(H,21,24). The average molecular weight is 388 g/mol. The van der Waals surface area contributed by atoms with Gasteiger partial charge in [0.25, 0.3) is 11.5 Å². The van der Waals surface area contributed by atoms with Crippen LogP contribution in [-0.4, -0.2) is 42.8 Å². The number of fused-ring (bicyclic) bond motifs is 1. The fraction of sp³-hybridized carbons (Fsp3) is 0.211. The second kappa shape index (κ2) is 8.20. The summed E-state index contributed by atoms with van der Waals surface area (Å²) < 4.78 is 11.4. The molecule has 1 heterocycles. The highest BCUT2D eigenvalue weighted by Gasteiger charge is 2.11. The van der Waals surface area contributed by atoms with E-state index in [1.807, 2.05) is 0 Å². The van der Waals surface area contributed by atoms with Crippen molar-refractivity contribution in [1.29, 1.82) is 0 Å². The van der Waals surface area contributed by atoms with Crippen LogP contribution >= 0.6 is 11.6 Å². The first kappa shape index (κ1) is 18.9.